The molecule has 0 unspecified atom stereocenters. The number of pyridine rings is 1. The number of esters is 1. The van der Waals surface area contributed by atoms with Crippen LogP contribution in [0, 0.1) is 5.92 Å². The largest absolute Gasteiger partial charge is 0.456 e. The van der Waals surface area contributed by atoms with Gasteiger partial charge in [0.1, 0.15) is 6.10 Å². The zero-order chi connectivity index (χ0) is 13.8. The summed E-state index contributed by atoms with van der Waals surface area (Å²) in [4.78, 5) is 16.1. The Morgan fingerprint density at radius 2 is 2.26 bits per heavy atom. The van der Waals surface area contributed by atoms with Gasteiger partial charge in [0.25, 0.3) is 0 Å². The minimum atomic E-state index is -0.334. The van der Waals surface area contributed by atoms with E-state index in [1.165, 1.54) is 0 Å². The number of carbonyl (C=O) groups excluding carboxylic acids is 1. The van der Waals surface area contributed by atoms with E-state index in [0.717, 1.165) is 5.52 Å². The van der Waals surface area contributed by atoms with Crippen LogP contribution in [0.2, 0.25) is 0 Å². The first kappa shape index (κ1) is 13.5. The minimum Gasteiger partial charge on any atom is -0.456 e. The van der Waals surface area contributed by atoms with Crippen LogP contribution in [0.5, 0.6) is 0 Å². The maximum atomic E-state index is 12.1. The Balaban J connectivity index is 2.13. The van der Waals surface area contributed by atoms with Crippen molar-refractivity contribution in [1.82, 2.24) is 9.38 Å². The fraction of sp³-hybridized carbons (Fsp3) is 0.429. The molecule has 2 heterocycles. The average Bonchev–Trinajstić information content (AvgIpc) is 2.85. The van der Waals surface area contributed by atoms with E-state index in [-0.39, 0.29) is 18.0 Å². The van der Waals surface area contributed by atoms with Crippen molar-refractivity contribution in [1.29, 1.82) is 0 Å². The predicted molar refractivity (Wildman–Crippen MR) is 71.1 cm³/mol. The molecule has 102 valence electrons. The van der Waals surface area contributed by atoms with E-state index in [2.05, 4.69) is 4.98 Å². The minimum absolute atomic E-state index is 0.211. The third-order valence-electron chi connectivity index (χ3n) is 2.98. The number of fused-ring (bicyclic) bond motifs is 1. The Bertz CT molecular complexity index is 563. The van der Waals surface area contributed by atoms with Crippen LogP contribution >= 0.6 is 0 Å². The van der Waals surface area contributed by atoms with Crippen molar-refractivity contribution in [3.05, 3.63) is 36.4 Å². The van der Waals surface area contributed by atoms with Gasteiger partial charge in [-0.15, -0.1) is 0 Å². The van der Waals surface area contributed by atoms with Gasteiger partial charge in [-0.05, 0) is 18.1 Å². The lowest BCUT2D eigenvalue weighted by atomic mass is 10.1. The zero-order valence-electron chi connectivity index (χ0n) is 11.4. The first-order valence-corrected chi connectivity index (χ1v) is 6.23. The van der Waals surface area contributed by atoms with Crippen LogP contribution in [0.15, 0.2) is 30.9 Å². The normalized spacial score (nSPS) is 12.8. The molecule has 0 N–H and O–H groups in total. The van der Waals surface area contributed by atoms with Crippen LogP contribution in [0.4, 0.5) is 0 Å². The standard InChI is InChI=1S/C14H18N2O3/c1-10(2)13(8-18-3)19-14(17)11-4-5-16-9-15-7-12(16)6-11/h4-7,9-10,13H,8H2,1-3H3/t13-/m0/s1. The van der Waals surface area contributed by atoms with Crippen molar-refractivity contribution in [2.75, 3.05) is 13.7 Å². The van der Waals surface area contributed by atoms with Gasteiger partial charge in [0.05, 0.1) is 30.2 Å². The summed E-state index contributed by atoms with van der Waals surface area (Å²) >= 11 is 0. The molecular formula is C14H18N2O3. The molecular weight excluding hydrogens is 244 g/mol. The Kier molecular flexibility index (Phi) is 4.16. The molecule has 19 heavy (non-hydrogen) atoms. The van der Waals surface area contributed by atoms with E-state index in [1.807, 2.05) is 18.2 Å². The van der Waals surface area contributed by atoms with Gasteiger partial charge < -0.3 is 13.9 Å². The summed E-state index contributed by atoms with van der Waals surface area (Å²) in [6.45, 7) is 4.40. The summed E-state index contributed by atoms with van der Waals surface area (Å²) in [6, 6.07) is 3.49. The molecule has 2 aromatic rings. The molecule has 0 fully saturated rings. The number of aromatic nitrogens is 2. The fourth-order valence-corrected chi connectivity index (χ4v) is 1.78. The number of rotatable bonds is 5. The van der Waals surface area contributed by atoms with Crippen molar-refractivity contribution in [3.8, 4) is 0 Å². The quantitative estimate of drug-likeness (QED) is 0.775. The van der Waals surface area contributed by atoms with Crippen LogP contribution in [0.1, 0.15) is 24.2 Å². The van der Waals surface area contributed by atoms with E-state index in [4.69, 9.17) is 9.47 Å². The molecule has 1 atom stereocenters. The number of imidazole rings is 1. The maximum Gasteiger partial charge on any atom is 0.338 e. The van der Waals surface area contributed by atoms with E-state index < -0.39 is 0 Å². The van der Waals surface area contributed by atoms with Gasteiger partial charge in [0.15, 0.2) is 0 Å². The summed E-state index contributed by atoms with van der Waals surface area (Å²) < 4.78 is 12.4. The first-order chi connectivity index (χ1) is 9.11. The van der Waals surface area contributed by atoms with Crippen molar-refractivity contribution >= 4 is 11.5 Å². The van der Waals surface area contributed by atoms with Gasteiger partial charge in [-0.2, -0.15) is 0 Å². The molecule has 0 aromatic carbocycles. The monoisotopic (exact) mass is 262 g/mol. The number of hydrogen-bond acceptors (Lipinski definition) is 4. The number of carbonyl (C=O) groups is 1. The Hall–Kier alpha value is -1.88. The van der Waals surface area contributed by atoms with Crippen molar-refractivity contribution in [2.24, 2.45) is 5.92 Å². The molecule has 0 bridgehead atoms. The third-order valence-corrected chi connectivity index (χ3v) is 2.98. The van der Waals surface area contributed by atoms with Gasteiger partial charge in [-0.1, -0.05) is 13.8 Å². The lowest BCUT2D eigenvalue weighted by molar-refractivity contribution is -0.0102. The molecule has 0 aliphatic rings. The molecule has 0 saturated carbocycles. The van der Waals surface area contributed by atoms with E-state index in [0.29, 0.717) is 12.2 Å². The summed E-state index contributed by atoms with van der Waals surface area (Å²) in [5, 5.41) is 0. The maximum absolute atomic E-state index is 12.1. The SMILES string of the molecule is COC[C@H](OC(=O)c1ccn2cncc2c1)C(C)C. The third kappa shape index (κ3) is 3.12. The molecule has 0 amide bonds. The highest BCUT2D eigenvalue weighted by Gasteiger charge is 2.19. The summed E-state index contributed by atoms with van der Waals surface area (Å²) in [5.41, 5.74) is 1.39. The zero-order valence-corrected chi connectivity index (χ0v) is 11.4. The van der Waals surface area contributed by atoms with Gasteiger partial charge in [-0.25, -0.2) is 9.78 Å². The number of hydrogen-bond donors (Lipinski definition) is 0. The van der Waals surface area contributed by atoms with Crippen LogP contribution < -0.4 is 0 Å². The average molecular weight is 262 g/mol. The Morgan fingerprint density at radius 1 is 1.47 bits per heavy atom. The molecule has 5 nitrogen and oxygen atoms in total. The Labute approximate surface area is 112 Å². The number of nitrogens with zero attached hydrogens (tertiary/aromatic N) is 2. The summed E-state index contributed by atoms with van der Waals surface area (Å²) in [7, 11) is 1.60. The highest BCUT2D eigenvalue weighted by molar-refractivity contribution is 5.90. The van der Waals surface area contributed by atoms with Crippen molar-refractivity contribution in [3.63, 3.8) is 0 Å². The first-order valence-electron chi connectivity index (χ1n) is 6.23. The number of ether oxygens (including phenoxy) is 2. The molecule has 5 heteroatoms. The van der Waals surface area contributed by atoms with Crippen LogP contribution in [-0.4, -0.2) is 35.2 Å². The smallest absolute Gasteiger partial charge is 0.338 e. The fourth-order valence-electron chi connectivity index (χ4n) is 1.78. The van der Waals surface area contributed by atoms with Gasteiger partial charge in [-0.3, -0.25) is 0 Å². The molecule has 0 aliphatic heterocycles. The molecule has 0 saturated heterocycles. The lowest BCUT2D eigenvalue weighted by Crippen LogP contribution is -2.28. The van der Waals surface area contributed by atoms with Crippen molar-refractivity contribution < 1.29 is 14.3 Å². The highest BCUT2D eigenvalue weighted by Crippen LogP contribution is 2.13. The molecule has 0 aliphatic carbocycles. The molecule has 0 spiro atoms. The van der Waals surface area contributed by atoms with E-state index in [9.17, 15) is 4.79 Å². The molecule has 2 rings (SSSR count). The second-order valence-electron chi connectivity index (χ2n) is 4.78. The molecule has 0 radical (unpaired) electrons. The Morgan fingerprint density at radius 3 is 2.95 bits per heavy atom. The van der Waals surface area contributed by atoms with Gasteiger partial charge in [0.2, 0.25) is 0 Å². The van der Waals surface area contributed by atoms with Gasteiger partial charge in [0, 0.05) is 13.3 Å². The molecule has 2 aromatic heterocycles. The van der Waals surface area contributed by atoms with Crippen LogP contribution in [0.25, 0.3) is 5.52 Å². The summed E-state index contributed by atoms with van der Waals surface area (Å²) in [5.74, 6) is -0.123. The highest BCUT2D eigenvalue weighted by atomic mass is 16.6. The van der Waals surface area contributed by atoms with Gasteiger partial charge >= 0.3 is 5.97 Å². The second kappa shape index (κ2) is 5.84. The van der Waals surface area contributed by atoms with Crippen LogP contribution in [-0.2, 0) is 9.47 Å². The second-order valence-corrected chi connectivity index (χ2v) is 4.78. The van der Waals surface area contributed by atoms with Crippen molar-refractivity contribution in [2.45, 2.75) is 20.0 Å². The topological polar surface area (TPSA) is 52.8 Å². The predicted octanol–water partition coefficient (Wildman–Crippen LogP) is 2.16. The lowest BCUT2D eigenvalue weighted by Gasteiger charge is -2.20. The van der Waals surface area contributed by atoms with E-state index >= 15 is 0 Å². The number of methoxy groups -OCH3 is 1. The van der Waals surface area contributed by atoms with Crippen LogP contribution in [0.3, 0.4) is 0 Å². The van der Waals surface area contributed by atoms with E-state index in [1.54, 1.807) is 38.0 Å². The summed E-state index contributed by atoms with van der Waals surface area (Å²) in [6.07, 6.45) is 4.94.